The van der Waals surface area contributed by atoms with E-state index < -0.39 is 0 Å². The molecule has 2 nitrogen and oxygen atoms in total. The number of rotatable bonds is 4. The maximum absolute atomic E-state index is 5.80. The quantitative estimate of drug-likeness (QED) is 0.773. The Hall–Kier alpha value is -1.05. The number of aromatic nitrogens is 1. The standard InChI is InChI=1S/C14H21NO/c1-14(2,3)9-12-5-4-8-15-13(12)16-10-11-6-7-11/h4-5,8,11H,6-7,9-10H2,1-3H3. The second kappa shape index (κ2) is 4.44. The first-order valence-electron chi connectivity index (χ1n) is 6.11. The molecule has 0 atom stereocenters. The van der Waals surface area contributed by atoms with Crippen LogP contribution in [0, 0.1) is 11.3 Å². The fourth-order valence-electron chi connectivity index (χ4n) is 1.74. The summed E-state index contributed by atoms with van der Waals surface area (Å²) >= 11 is 0. The minimum absolute atomic E-state index is 0.278. The second-order valence-corrected chi connectivity index (χ2v) is 5.96. The topological polar surface area (TPSA) is 22.1 Å². The van der Waals surface area contributed by atoms with Crippen LogP contribution in [0.1, 0.15) is 39.2 Å². The van der Waals surface area contributed by atoms with Crippen molar-refractivity contribution in [2.75, 3.05) is 6.61 Å². The summed E-state index contributed by atoms with van der Waals surface area (Å²) in [5.41, 5.74) is 1.51. The Morgan fingerprint density at radius 1 is 1.38 bits per heavy atom. The van der Waals surface area contributed by atoms with Crippen LogP contribution in [-0.2, 0) is 6.42 Å². The van der Waals surface area contributed by atoms with Crippen molar-refractivity contribution in [3.8, 4) is 5.88 Å². The third-order valence-electron chi connectivity index (χ3n) is 2.72. The zero-order valence-electron chi connectivity index (χ0n) is 10.5. The third kappa shape index (κ3) is 3.51. The molecule has 1 aliphatic rings. The molecule has 0 bridgehead atoms. The molecule has 0 saturated heterocycles. The van der Waals surface area contributed by atoms with Gasteiger partial charge in [-0.25, -0.2) is 4.98 Å². The van der Waals surface area contributed by atoms with Gasteiger partial charge in [-0.15, -0.1) is 0 Å². The van der Waals surface area contributed by atoms with E-state index in [4.69, 9.17) is 4.74 Å². The highest BCUT2D eigenvalue weighted by molar-refractivity contribution is 5.26. The largest absolute Gasteiger partial charge is 0.477 e. The number of hydrogen-bond donors (Lipinski definition) is 0. The van der Waals surface area contributed by atoms with Gasteiger partial charge in [0.2, 0.25) is 5.88 Å². The molecule has 0 radical (unpaired) electrons. The van der Waals surface area contributed by atoms with Gasteiger partial charge in [0.15, 0.2) is 0 Å². The summed E-state index contributed by atoms with van der Waals surface area (Å²) in [5.74, 6) is 1.62. The first-order valence-corrected chi connectivity index (χ1v) is 6.11. The van der Waals surface area contributed by atoms with Crippen molar-refractivity contribution in [1.29, 1.82) is 0 Å². The predicted molar refractivity (Wildman–Crippen MR) is 65.6 cm³/mol. The summed E-state index contributed by atoms with van der Waals surface area (Å²) in [7, 11) is 0. The Bertz CT molecular complexity index is 350. The van der Waals surface area contributed by atoms with Gasteiger partial charge in [0.25, 0.3) is 0 Å². The highest BCUT2D eigenvalue weighted by Crippen LogP contribution is 2.31. The van der Waals surface area contributed by atoms with Crippen LogP contribution in [0.25, 0.3) is 0 Å². The van der Waals surface area contributed by atoms with Crippen LogP contribution in [0.15, 0.2) is 18.3 Å². The van der Waals surface area contributed by atoms with Crippen LogP contribution < -0.4 is 4.74 Å². The molecule has 1 saturated carbocycles. The van der Waals surface area contributed by atoms with Crippen LogP contribution in [-0.4, -0.2) is 11.6 Å². The van der Waals surface area contributed by atoms with Gasteiger partial charge in [0, 0.05) is 11.8 Å². The molecule has 0 unspecified atom stereocenters. The fraction of sp³-hybridized carbons (Fsp3) is 0.643. The molecule has 16 heavy (non-hydrogen) atoms. The molecule has 0 N–H and O–H groups in total. The Kier molecular flexibility index (Phi) is 3.17. The molecule has 1 fully saturated rings. The number of nitrogens with zero attached hydrogens (tertiary/aromatic N) is 1. The lowest BCUT2D eigenvalue weighted by atomic mass is 9.88. The lowest BCUT2D eigenvalue weighted by molar-refractivity contribution is 0.280. The molecule has 1 aliphatic carbocycles. The van der Waals surface area contributed by atoms with E-state index in [9.17, 15) is 0 Å². The van der Waals surface area contributed by atoms with Gasteiger partial charge in [-0.3, -0.25) is 0 Å². The van der Waals surface area contributed by atoms with Crippen LogP contribution in [0.2, 0.25) is 0 Å². The molecule has 0 aromatic carbocycles. The molecule has 0 aliphatic heterocycles. The minimum Gasteiger partial charge on any atom is -0.477 e. The van der Waals surface area contributed by atoms with Crippen LogP contribution in [0.4, 0.5) is 0 Å². The summed E-state index contributed by atoms with van der Waals surface area (Å²) in [5, 5.41) is 0. The van der Waals surface area contributed by atoms with Gasteiger partial charge >= 0.3 is 0 Å². The molecular weight excluding hydrogens is 198 g/mol. The zero-order chi connectivity index (χ0) is 11.6. The van der Waals surface area contributed by atoms with Crippen molar-refractivity contribution in [2.24, 2.45) is 11.3 Å². The van der Waals surface area contributed by atoms with Crippen LogP contribution in [0.3, 0.4) is 0 Å². The smallest absolute Gasteiger partial charge is 0.216 e. The highest BCUT2D eigenvalue weighted by atomic mass is 16.5. The lowest BCUT2D eigenvalue weighted by Crippen LogP contribution is -2.12. The molecule has 2 rings (SSSR count). The van der Waals surface area contributed by atoms with E-state index in [1.54, 1.807) is 0 Å². The van der Waals surface area contributed by atoms with Gasteiger partial charge < -0.3 is 4.74 Å². The SMILES string of the molecule is CC(C)(C)Cc1cccnc1OCC1CC1. The van der Waals surface area contributed by atoms with Crippen LogP contribution >= 0.6 is 0 Å². The molecule has 88 valence electrons. The molecular formula is C14H21NO. The van der Waals surface area contributed by atoms with E-state index in [-0.39, 0.29) is 5.41 Å². The number of pyridine rings is 1. The summed E-state index contributed by atoms with van der Waals surface area (Å²) in [6.07, 6.45) is 5.47. The molecule has 1 aromatic rings. The average molecular weight is 219 g/mol. The van der Waals surface area contributed by atoms with E-state index in [0.717, 1.165) is 24.8 Å². The van der Waals surface area contributed by atoms with E-state index in [2.05, 4.69) is 31.8 Å². The van der Waals surface area contributed by atoms with E-state index >= 15 is 0 Å². The van der Waals surface area contributed by atoms with Gasteiger partial charge in [0.1, 0.15) is 0 Å². The average Bonchev–Trinajstić information content (AvgIpc) is 2.98. The second-order valence-electron chi connectivity index (χ2n) is 5.96. The van der Waals surface area contributed by atoms with Crippen molar-refractivity contribution >= 4 is 0 Å². The summed E-state index contributed by atoms with van der Waals surface area (Å²) in [6.45, 7) is 7.56. The molecule has 1 aromatic heterocycles. The van der Waals surface area contributed by atoms with Crippen molar-refractivity contribution in [3.63, 3.8) is 0 Å². The van der Waals surface area contributed by atoms with Crippen molar-refractivity contribution in [3.05, 3.63) is 23.9 Å². The van der Waals surface area contributed by atoms with E-state index in [1.165, 1.54) is 18.4 Å². The molecule has 1 heterocycles. The van der Waals surface area contributed by atoms with Crippen LogP contribution in [0.5, 0.6) is 5.88 Å². The zero-order valence-corrected chi connectivity index (χ0v) is 10.5. The minimum atomic E-state index is 0.278. The maximum Gasteiger partial charge on any atom is 0.216 e. The van der Waals surface area contributed by atoms with Crippen molar-refractivity contribution in [1.82, 2.24) is 4.98 Å². The Labute approximate surface area is 98.0 Å². The van der Waals surface area contributed by atoms with E-state index in [0.29, 0.717) is 0 Å². The van der Waals surface area contributed by atoms with Gasteiger partial charge in [-0.1, -0.05) is 26.8 Å². The van der Waals surface area contributed by atoms with Gasteiger partial charge in [0.05, 0.1) is 6.61 Å². The maximum atomic E-state index is 5.80. The van der Waals surface area contributed by atoms with Gasteiger partial charge in [-0.05, 0) is 36.7 Å². The number of ether oxygens (including phenoxy) is 1. The van der Waals surface area contributed by atoms with Crippen molar-refractivity contribution in [2.45, 2.75) is 40.0 Å². The first-order chi connectivity index (χ1) is 7.54. The molecule has 0 spiro atoms. The first kappa shape index (κ1) is 11.4. The molecule has 2 heteroatoms. The Morgan fingerprint density at radius 3 is 2.75 bits per heavy atom. The lowest BCUT2D eigenvalue weighted by Gasteiger charge is -2.19. The van der Waals surface area contributed by atoms with Crippen molar-refractivity contribution < 1.29 is 4.74 Å². The number of hydrogen-bond acceptors (Lipinski definition) is 2. The molecule has 0 amide bonds. The van der Waals surface area contributed by atoms with Gasteiger partial charge in [-0.2, -0.15) is 0 Å². The Morgan fingerprint density at radius 2 is 2.12 bits per heavy atom. The summed E-state index contributed by atoms with van der Waals surface area (Å²) in [4.78, 5) is 4.34. The van der Waals surface area contributed by atoms with E-state index in [1.807, 2.05) is 12.3 Å². The fourth-order valence-corrected chi connectivity index (χ4v) is 1.74. The monoisotopic (exact) mass is 219 g/mol. The third-order valence-corrected chi connectivity index (χ3v) is 2.72. The Balaban J connectivity index is 2.03. The normalized spacial score (nSPS) is 16.2. The summed E-state index contributed by atoms with van der Waals surface area (Å²) < 4.78 is 5.80. The summed E-state index contributed by atoms with van der Waals surface area (Å²) in [6, 6.07) is 4.12. The highest BCUT2D eigenvalue weighted by Gasteiger charge is 2.23. The predicted octanol–water partition coefficient (Wildman–Crippen LogP) is 3.46.